The molecule has 0 spiro atoms. The molecule has 1 atom stereocenters. The molecule has 0 aliphatic heterocycles. The third-order valence-corrected chi connectivity index (χ3v) is 2.49. The first-order valence-corrected chi connectivity index (χ1v) is 5.73. The average molecular weight is 245 g/mol. The van der Waals surface area contributed by atoms with Gasteiger partial charge >= 0.3 is 0 Å². The van der Waals surface area contributed by atoms with Gasteiger partial charge in [0.05, 0.1) is 12.3 Å². The molecule has 2 N–H and O–H groups in total. The van der Waals surface area contributed by atoms with Crippen molar-refractivity contribution in [3.63, 3.8) is 0 Å². The van der Waals surface area contributed by atoms with Gasteiger partial charge in [0.1, 0.15) is 0 Å². The second-order valence-electron chi connectivity index (χ2n) is 4.04. The second kappa shape index (κ2) is 5.46. The Balaban J connectivity index is 2.13. The van der Waals surface area contributed by atoms with Crippen molar-refractivity contribution >= 4 is 5.91 Å². The Kier molecular flexibility index (Phi) is 3.74. The molecule has 0 fully saturated rings. The van der Waals surface area contributed by atoms with Crippen LogP contribution in [0.15, 0.2) is 42.6 Å². The number of carbonyl (C=O) groups excluding carboxylic acids is 1. The first-order valence-electron chi connectivity index (χ1n) is 5.73. The maximum Gasteiger partial charge on any atom is 0.272 e. The lowest BCUT2D eigenvalue weighted by Crippen LogP contribution is -2.35. The van der Waals surface area contributed by atoms with Gasteiger partial charge in [-0.3, -0.25) is 4.79 Å². The number of nitrogens with zero attached hydrogens (tertiary/aromatic N) is 2. The number of aliphatic hydroxyl groups is 1. The van der Waals surface area contributed by atoms with E-state index in [0.717, 1.165) is 5.69 Å². The van der Waals surface area contributed by atoms with Crippen molar-refractivity contribution in [2.45, 2.75) is 13.0 Å². The van der Waals surface area contributed by atoms with Gasteiger partial charge in [-0.15, -0.1) is 0 Å². The topological polar surface area (TPSA) is 67.2 Å². The molecule has 2 aromatic rings. The Morgan fingerprint density at radius 2 is 2.11 bits per heavy atom. The first kappa shape index (κ1) is 12.3. The van der Waals surface area contributed by atoms with Gasteiger partial charge in [0, 0.05) is 12.2 Å². The molecule has 0 aliphatic carbocycles. The molecular formula is C13H15N3O2. The fourth-order valence-electron chi connectivity index (χ4n) is 1.51. The molecule has 1 aromatic carbocycles. The van der Waals surface area contributed by atoms with Crippen molar-refractivity contribution in [3.8, 4) is 5.69 Å². The Morgan fingerprint density at radius 3 is 2.78 bits per heavy atom. The summed E-state index contributed by atoms with van der Waals surface area (Å²) in [5.41, 5.74) is 1.23. The molecule has 0 saturated heterocycles. The van der Waals surface area contributed by atoms with Gasteiger partial charge in [-0.1, -0.05) is 18.2 Å². The number of aromatic nitrogens is 2. The highest BCUT2D eigenvalue weighted by molar-refractivity contribution is 5.92. The molecule has 5 heteroatoms. The monoisotopic (exact) mass is 245 g/mol. The minimum atomic E-state index is -0.286. The van der Waals surface area contributed by atoms with E-state index in [1.807, 2.05) is 30.3 Å². The summed E-state index contributed by atoms with van der Waals surface area (Å²) in [5, 5.41) is 15.7. The third kappa shape index (κ3) is 2.75. The number of amides is 1. The van der Waals surface area contributed by atoms with E-state index in [4.69, 9.17) is 5.11 Å². The zero-order chi connectivity index (χ0) is 13.0. The molecule has 2 rings (SSSR count). The van der Waals surface area contributed by atoms with Gasteiger partial charge in [0.25, 0.3) is 5.91 Å². The van der Waals surface area contributed by atoms with Crippen LogP contribution in [0.1, 0.15) is 17.4 Å². The van der Waals surface area contributed by atoms with E-state index in [1.54, 1.807) is 23.9 Å². The number of para-hydroxylation sites is 1. The van der Waals surface area contributed by atoms with Gasteiger partial charge in [-0.05, 0) is 25.1 Å². The zero-order valence-corrected chi connectivity index (χ0v) is 10.1. The largest absolute Gasteiger partial charge is 0.394 e. The summed E-state index contributed by atoms with van der Waals surface area (Å²) in [6.45, 7) is 1.64. The van der Waals surface area contributed by atoms with E-state index in [0.29, 0.717) is 5.69 Å². The average Bonchev–Trinajstić information content (AvgIpc) is 2.89. The summed E-state index contributed by atoms with van der Waals surface area (Å²) in [7, 11) is 0. The van der Waals surface area contributed by atoms with Gasteiger partial charge in [-0.2, -0.15) is 5.10 Å². The molecule has 1 amide bonds. The van der Waals surface area contributed by atoms with Gasteiger partial charge in [-0.25, -0.2) is 4.68 Å². The molecule has 0 unspecified atom stereocenters. The Labute approximate surface area is 105 Å². The highest BCUT2D eigenvalue weighted by atomic mass is 16.3. The number of aliphatic hydroxyl groups excluding tert-OH is 1. The van der Waals surface area contributed by atoms with Crippen LogP contribution in [0.4, 0.5) is 0 Å². The number of hydrogen-bond acceptors (Lipinski definition) is 3. The normalized spacial score (nSPS) is 12.1. The molecule has 0 bridgehead atoms. The standard InChI is InChI=1S/C13H15N3O2/c1-10(9-17)14-13(18)12-7-8-16(15-12)11-5-3-2-4-6-11/h2-8,10,17H,9H2,1H3,(H,14,18)/t10-/m0/s1. The molecule has 94 valence electrons. The second-order valence-corrected chi connectivity index (χ2v) is 4.04. The molecule has 1 heterocycles. The van der Waals surface area contributed by atoms with Crippen LogP contribution in [0.5, 0.6) is 0 Å². The minimum absolute atomic E-state index is 0.0921. The first-order chi connectivity index (χ1) is 8.70. The summed E-state index contributed by atoms with van der Waals surface area (Å²) in [4.78, 5) is 11.8. The molecule has 0 radical (unpaired) electrons. The Morgan fingerprint density at radius 1 is 1.39 bits per heavy atom. The van der Waals surface area contributed by atoms with Gasteiger partial charge < -0.3 is 10.4 Å². The summed E-state index contributed by atoms with van der Waals surface area (Å²) >= 11 is 0. The van der Waals surface area contributed by atoms with E-state index in [1.165, 1.54) is 0 Å². The summed E-state index contributed by atoms with van der Waals surface area (Å²) < 4.78 is 1.64. The predicted molar refractivity (Wildman–Crippen MR) is 67.6 cm³/mol. The molecular weight excluding hydrogens is 230 g/mol. The Hall–Kier alpha value is -2.14. The number of hydrogen-bond donors (Lipinski definition) is 2. The van der Waals surface area contributed by atoms with E-state index in [-0.39, 0.29) is 18.6 Å². The van der Waals surface area contributed by atoms with Crippen molar-refractivity contribution < 1.29 is 9.90 Å². The van der Waals surface area contributed by atoms with Crippen molar-refractivity contribution in [2.75, 3.05) is 6.61 Å². The van der Waals surface area contributed by atoms with Crippen molar-refractivity contribution in [1.29, 1.82) is 0 Å². The lowest BCUT2D eigenvalue weighted by molar-refractivity contribution is 0.0917. The lowest BCUT2D eigenvalue weighted by atomic mass is 10.3. The van der Waals surface area contributed by atoms with Crippen LogP contribution in [0, 0.1) is 0 Å². The van der Waals surface area contributed by atoms with Crippen LogP contribution < -0.4 is 5.32 Å². The maximum absolute atomic E-state index is 11.8. The van der Waals surface area contributed by atoms with Crippen LogP contribution in [0.2, 0.25) is 0 Å². The highest BCUT2D eigenvalue weighted by Crippen LogP contribution is 2.06. The number of nitrogens with one attached hydrogen (secondary N) is 1. The number of rotatable bonds is 4. The molecule has 0 aliphatic rings. The molecule has 5 nitrogen and oxygen atoms in total. The minimum Gasteiger partial charge on any atom is -0.394 e. The fraction of sp³-hybridized carbons (Fsp3) is 0.231. The maximum atomic E-state index is 11.8. The summed E-state index contributed by atoms with van der Waals surface area (Å²) in [6.07, 6.45) is 1.73. The SMILES string of the molecule is C[C@@H](CO)NC(=O)c1ccn(-c2ccccc2)n1. The van der Waals surface area contributed by atoms with Crippen molar-refractivity contribution in [1.82, 2.24) is 15.1 Å². The van der Waals surface area contributed by atoms with Gasteiger partial charge in [0.2, 0.25) is 0 Å². The Bertz CT molecular complexity index is 522. The number of benzene rings is 1. The summed E-state index contributed by atoms with van der Waals surface area (Å²) in [5.74, 6) is -0.286. The van der Waals surface area contributed by atoms with E-state index in [2.05, 4.69) is 10.4 Å². The smallest absolute Gasteiger partial charge is 0.272 e. The molecule has 1 aromatic heterocycles. The van der Waals surface area contributed by atoms with Crippen molar-refractivity contribution in [2.24, 2.45) is 0 Å². The van der Waals surface area contributed by atoms with Crippen LogP contribution in [-0.2, 0) is 0 Å². The third-order valence-electron chi connectivity index (χ3n) is 2.49. The van der Waals surface area contributed by atoms with E-state index >= 15 is 0 Å². The summed E-state index contributed by atoms with van der Waals surface area (Å²) in [6, 6.07) is 10.9. The molecule has 18 heavy (non-hydrogen) atoms. The van der Waals surface area contributed by atoms with Crippen LogP contribution >= 0.6 is 0 Å². The zero-order valence-electron chi connectivity index (χ0n) is 10.1. The highest BCUT2D eigenvalue weighted by Gasteiger charge is 2.12. The quantitative estimate of drug-likeness (QED) is 0.844. The predicted octanol–water partition coefficient (Wildman–Crippen LogP) is 0.983. The van der Waals surface area contributed by atoms with E-state index < -0.39 is 0 Å². The van der Waals surface area contributed by atoms with Gasteiger partial charge in [0.15, 0.2) is 5.69 Å². The van der Waals surface area contributed by atoms with Crippen molar-refractivity contribution in [3.05, 3.63) is 48.3 Å². The van der Waals surface area contributed by atoms with Crippen LogP contribution in [0.25, 0.3) is 5.69 Å². The van der Waals surface area contributed by atoms with E-state index in [9.17, 15) is 4.79 Å². The van der Waals surface area contributed by atoms with Crippen LogP contribution in [0.3, 0.4) is 0 Å². The van der Waals surface area contributed by atoms with Crippen LogP contribution in [-0.4, -0.2) is 33.4 Å². The molecule has 0 saturated carbocycles. The fourth-order valence-corrected chi connectivity index (χ4v) is 1.51. The number of carbonyl (C=O) groups is 1. The lowest BCUT2D eigenvalue weighted by Gasteiger charge is -2.08.